The van der Waals surface area contributed by atoms with Crippen molar-refractivity contribution in [1.82, 2.24) is 4.31 Å². The van der Waals surface area contributed by atoms with E-state index in [2.05, 4.69) is 0 Å². The van der Waals surface area contributed by atoms with Crippen LogP contribution in [0.1, 0.15) is 30.6 Å². The van der Waals surface area contributed by atoms with Crippen molar-refractivity contribution in [3.8, 4) is 0 Å². The molecule has 0 saturated carbocycles. The third-order valence-electron chi connectivity index (χ3n) is 3.19. The fourth-order valence-corrected chi connectivity index (χ4v) is 2.98. The summed E-state index contributed by atoms with van der Waals surface area (Å²) in [5.41, 5.74) is 0.554. The third kappa shape index (κ3) is 3.74. The number of sulfonamides is 1. The van der Waals surface area contributed by atoms with Crippen molar-refractivity contribution >= 4 is 21.7 Å². The predicted octanol–water partition coefficient (Wildman–Crippen LogP) is 1.87. The van der Waals surface area contributed by atoms with E-state index in [9.17, 15) is 18.3 Å². The Labute approximate surface area is 126 Å². The standard InChI is InChI=1S/C14H22N2O4S/c1-5-9-16(6-2)13-8-7-11(10-12(13)14(17)18)21(19,20)15(3)4/h7-8,10H,5-6,9H2,1-4H3,(H,17,18). The van der Waals surface area contributed by atoms with Crippen LogP contribution >= 0.6 is 0 Å². The average Bonchev–Trinajstić information content (AvgIpc) is 2.43. The summed E-state index contributed by atoms with van der Waals surface area (Å²) in [6.45, 7) is 5.32. The molecule has 0 spiro atoms. The first-order valence-corrected chi connectivity index (χ1v) is 8.24. The molecular formula is C14H22N2O4S. The summed E-state index contributed by atoms with van der Waals surface area (Å²) in [7, 11) is -0.811. The van der Waals surface area contributed by atoms with E-state index in [1.807, 2.05) is 18.7 Å². The molecule has 6 nitrogen and oxygen atoms in total. The Balaban J connectivity index is 3.42. The molecule has 0 bridgehead atoms. The number of aromatic carboxylic acids is 1. The first-order valence-electron chi connectivity index (χ1n) is 6.80. The van der Waals surface area contributed by atoms with Gasteiger partial charge in [0, 0.05) is 27.2 Å². The molecule has 0 aliphatic carbocycles. The van der Waals surface area contributed by atoms with Crippen LogP contribution in [0.5, 0.6) is 0 Å². The molecule has 0 aromatic heterocycles. The summed E-state index contributed by atoms with van der Waals surface area (Å²) in [6, 6.07) is 4.25. The van der Waals surface area contributed by atoms with Gasteiger partial charge < -0.3 is 10.0 Å². The number of nitrogens with zero attached hydrogens (tertiary/aromatic N) is 2. The molecule has 1 N–H and O–H groups in total. The summed E-state index contributed by atoms with van der Waals surface area (Å²) >= 11 is 0. The van der Waals surface area contributed by atoms with Gasteiger partial charge in [-0.1, -0.05) is 6.92 Å². The molecule has 0 amide bonds. The van der Waals surface area contributed by atoms with Gasteiger partial charge in [0.05, 0.1) is 16.1 Å². The molecule has 0 unspecified atom stereocenters. The molecule has 0 aliphatic heterocycles. The zero-order valence-electron chi connectivity index (χ0n) is 12.8. The third-order valence-corrected chi connectivity index (χ3v) is 5.00. The number of carbonyl (C=O) groups is 1. The van der Waals surface area contributed by atoms with Gasteiger partial charge in [-0.05, 0) is 31.5 Å². The predicted molar refractivity (Wildman–Crippen MR) is 82.5 cm³/mol. The highest BCUT2D eigenvalue weighted by molar-refractivity contribution is 7.89. The molecule has 0 fully saturated rings. The molecule has 0 radical (unpaired) electrons. The number of hydrogen-bond acceptors (Lipinski definition) is 4. The van der Waals surface area contributed by atoms with Crippen LogP contribution in [0.2, 0.25) is 0 Å². The summed E-state index contributed by atoms with van der Waals surface area (Å²) < 4.78 is 25.3. The lowest BCUT2D eigenvalue weighted by Crippen LogP contribution is -2.26. The van der Waals surface area contributed by atoms with Crippen LogP contribution < -0.4 is 4.90 Å². The smallest absolute Gasteiger partial charge is 0.337 e. The van der Waals surface area contributed by atoms with Gasteiger partial charge in [-0.2, -0.15) is 0 Å². The SMILES string of the molecule is CCCN(CC)c1ccc(S(=O)(=O)N(C)C)cc1C(=O)O. The monoisotopic (exact) mass is 314 g/mol. The molecule has 0 saturated heterocycles. The average molecular weight is 314 g/mol. The van der Waals surface area contributed by atoms with Crippen molar-refractivity contribution < 1.29 is 18.3 Å². The maximum atomic E-state index is 12.1. The quantitative estimate of drug-likeness (QED) is 0.831. The van der Waals surface area contributed by atoms with Gasteiger partial charge in [0.25, 0.3) is 0 Å². The highest BCUT2D eigenvalue weighted by Gasteiger charge is 2.22. The molecule has 0 atom stereocenters. The van der Waals surface area contributed by atoms with Crippen LogP contribution in [-0.2, 0) is 10.0 Å². The maximum absolute atomic E-state index is 12.1. The van der Waals surface area contributed by atoms with E-state index in [0.29, 0.717) is 12.2 Å². The van der Waals surface area contributed by atoms with Crippen molar-refractivity contribution in [2.24, 2.45) is 0 Å². The van der Waals surface area contributed by atoms with Crippen molar-refractivity contribution in [2.75, 3.05) is 32.1 Å². The molecule has 7 heteroatoms. The summed E-state index contributed by atoms with van der Waals surface area (Å²) in [5, 5.41) is 9.37. The first-order chi connectivity index (χ1) is 9.75. The largest absolute Gasteiger partial charge is 0.478 e. The first kappa shape index (κ1) is 17.5. The van der Waals surface area contributed by atoms with Crippen molar-refractivity contribution in [3.05, 3.63) is 23.8 Å². The number of benzene rings is 1. The van der Waals surface area contributed by atoms with E-state index in [0.717, 1.165) is 17.3 Å². The van der Waals surface area contributed by atoms with Crippen LogP contribution in [0, 0.1) is 0 Å². The summed E-state index contributed by atoms with van der Waals surface area (Å²) in [4.78, 5) is 13.4. The molecular weight excluding hydrogens is 292 g/mol. The van der Waals surface area contributed by atoms with Crippen molar-refractivity contribution in [2.45, 2.75) is 25.2 Å². The van der Waals surface area contributed by atoms with Gasteiger partial charge in [-0.25, -0.2) is 17.5 Å². The Hall–Kier alpha value is -1.60. The highest BCUT2D eigenvalue weighted by atomic mass is 32.2. The van der Waals surface area contributed by atoms with Crippen LogP contribution in [0.15, 0.2) is 23.1 Å². The van der Waals surface area contributed by atoms with Gasteiger partial charge >= 0.3 is 5.97 Å². The normalized spacial score (nSPS) is 11.7. The van der Waals surface area contributed by atoms with Crippen LogP contribution in [-0.4, -0.2) is 51.0 Å². The van der Waals surface area contributed by atoms with Gasteiger partial charge in [-0.3, -0.25) is 0 Å². The lowest BCUT2D eigenvalue weighted by Gasteiger charge is -2.24. The number of rotatable bonds is 7. The Morgan fingerprint density at radius 1 is 1.24 bits per heavy atom. The molecule has 1 rings (SSSR count). The van der Waals surface area contributed by atoms with Gasteiger partial charge in [0.1, 0.15) is 0 Å². The van der Waals surface area contributed by atoms with Gasteiger partial charge in [-0.15, -0.1) is 0 Å². The maximum Gasteiger partial charge on any atom is 0.337 e. The topological polar surface area (TPSA) is 77.9 Å². The van der Waals surface area contributed by atoms with E-state index in [-0.39, 0.29) is 10.5 Å². The van der Waals surface area contributed by atoms with E-state index in [1.165, 1.54) is 26.2 Å². The van der Waals surface area contributed by atoms with Gasteiger partial charge in [0.15, 0.2) is 0 Å². The summed E-state index contributed by atoms with van der Waals surface area (Å²) in [6.07, 6.45) is 0.880. The molecule has 118 valence electrons. The Bertz CT molecular complexity index is 611. The zero-order valence-corrected chi connectivity index (χ0v) is 13.6. The number of carboxylic acid groups (broad SMARTS) is 1. The van der Waals surface area contributed by atoms with Crippen molar-refractivity contribution in [1.29, 1.82) is 0 Å². The number of hydrogen-bond donors (Lipinski definition) is 1. The second kappa shape index (κ2) is 6.91. The Morgan fingerprint density at radius 2 is 1.86 bits per heavy atom. The van der Waals surface area contributed by atoms with Crippen LogP contribution in [0.25, 0.3) is 0 Å². The minimum atomic E-state index is -3.64. The van der Waals surface area contributed by atoms with Crippen LogP contribution in [0.3, 0.4) is 0 Å². The number of carboxylic acids is 1. The number of anilines is 1. The fourth-order valence-electron chi connectivity index (χ4n) is 2.05. The summed E-state index contributed by atoms with van der Waals surface area (Å²) in [5.74, 6) is -1.13. The lowest BCUT2D eigenvalue weighted by molar-refractivity contribution is 0.0697. The molecule has 0 heterocycles. The van der Waals surface area contributed by atoms with E-state index in [1.54, 1.807) is 6.07 Å². The molecule has 0 aliphatic rings. The molecule has 21 heavy (non-hydrogen) atoms. The minimum Gasteiger partial charge on any atom is -0.478 e. The molecule has 1 aromatic carbocycles. The van der Waals surface area contributed by atoms with Gasteiger partial charge in [0.2, 0.25) is 10.0 Å². The van der Waals surface area contributed by atoms with E-state index >= 15 is 0 Å². The van der Waals surface area contributed by atoms with Crippen LogP contribution in [0.4, 0.5) is 5.69 Å². The lowest BCUT2D eigenvalue weighted by atomic mass is 10.1. The Morgan fingerprint density at radius 3 is 2.29 bits per heavy atom. The highest BCUT2D eigenvalue weighted by Crippen LogP contribution is 2.25. The van der Waals surface area contributed by atoms with E-state index < -0.39 is 16.0 Å². The minimum absolute atomic E-state index is 0.00762. The second-order valence-corrected chi connectivity index (χ2v) is 7.00. The Kier molecular flexibility index (Phi) is 5.74. The van der Waals surface area contributed by atoms with Crippen molar-refractivity contribution in [3.63, 3.8) is 0 Å². The zero-order chi connectivity index (χ0) is 16.2. The van der Waals surface area contributed by atoms with E-state index in [4.69, 9.17) is 0 Å². The fraction of sp³-hybridized carbons (Fsp3) is 0.500. The second-order valence-electron chi connectivity index (χ2n) is 4.85. The molecule has 1 aromatic rings.